The molecular formula is C15H12FN3O2S2. The summed E-state index contributed by atoms with van der Waals surface area (Å²) in [6.45, 7) is 0.327. The highest BCUT2D eigenvalue weighted by atomic mass is 32.2. The van der Waals surface area contributed by atoms with Gasteiger partial charge in [0.05, 0.1) is 11.1 Å². The Balaban J connectivity index is 1.55. The van der Waals surface area contributed by atoms with Crippen molar-refractivity contribution in [2.24, 2.45) is 0 Å². The molecule has 2 heterocycles. The number of aromatic nitrogens is 2. The van der Waals surface area contributed by atoms with E-state index in [0.29, 0.717) is 21.9 Å². The summed E-state index contributed by atoms with van der Waals surface area (Å²) >= 11 is 2.55. The standard InChI is InChI=1S/C15H12FN3O2S2/c16-10-3-1-9(2-4-10)7-17-12(20)8-23-15-18-13(21)11-5-6-22-14(11)19-15/h1-6H,7-8H2,(H,17,20)(H,18,19,21). The molecule has 0 saturated heterocycles. The zero-order chi connectivity index (χ0) is 16.2. The molecule has 1 aromatic carbocycles. The number of aromatic amines is 1. The zero-order valence-electron chi connectivity index (χ0n) is 11.8. The summed E-state index contributed by atoms with van der Waals surface area (Å²) in [5.74, 6) is -0.357. The van der Waals surface area contributed by atoms with Crippen molar-refractivity contribution in [2.75, 3.05) is 5.75 Å². The number of fused-ring (bicyclic) bond motifs is 1. The van der Waals surface area contributed by atoms with Gasteiger partial charge in [-0.3, -0.25) is 9.59 Å². The van der Waals surface area contributed by atoms with Gasteiger partial charge in [0, 0.05) is 6.54 Å². The lowest BCUT2D eigenvalue weighted by Crippen LogP contribution is -2.24. The van der Waals surface area contributed by atoms with Crippen molar-refractivity contribution in [1.82, 2.24) is 15.3 Å². The van der Waals surface area contributed by atoms with Gasteiger partial charge in [0.25, 0.3) is 5.56 Å². The lowest BCUT2D eigenvalue weighted by Gasteiger charge is -2.05. The molecule has 0 bridgehead atoms. The first-order valence-electron chi connectivity index (χ1n) is 6.73. The molecule has 0 unspecified atom stereocenters. The highest BCUT2D eigenvalue weighted by molar-refractivity contribution is 7.99. The third kappa shape index (κ3) is 3.96. The second-order valence-electron chi connectivity index (χ2n) is 4.70. The average molecular weight is 349 g/mol. The number of rotatable bonds is 5. The van der Waals surface area contributed by atoms with Crippen LogP contribution in [0.4, 0.5) is 4.39 Å². The Hall–Kier alpha value is -2.19. The van der Waals surface area contributed by atoms with Gasteiger partial charge in [0.2, 0.25) is 5.91 Å². The van der Waals surface area contributed by atoms with Gasteiger partial charge in [0.1, 0.15) is 10.6 Å². The van der Waals surface area contributed by atoms with Crippen molar-refractivity contribution in [3.8, 4) is 0 Å². The van der Waals surface area contributed by atoms with Crippen molar-refractivity contribution in [2.45, 2.75) is 11.7 Å². The number of carbonyl (C=O) groups excluding carboxylic acids is 1. The zero-order valence-corrected chi connectivity index (χ0v) is 13.5. The van der Waals surface area contributed by atoms with Crippen LogP contribution in [0.25, 0.3) is 10.2 Å². The molecule has 118 valence electrons. The van der Waals surface area contributed by atoms with E-state index in [1.807, 2.05) is 0 Å². The Morgan fingerprint density at radius 2 is 2.09 bits per heavy atom. The van der Waals surface area contributed by atoms with Crippen molar-refractivity contribution >= 4 is 39.2 Å². The Labute approximate surface area is 139 Å². The number of nitrogens with zero attached hydrogens (tertiary/aromatic N) is 1. The first kappa shape index (κ1) is 15.7. The predicted octanol–water partition coefficient (Wildman–Crippen LogP) is 2.53. The molecule has 3 aromatic rings. The molecule has 5 nitrogen and oxygen atoms in total. The molecule has 0 aliphatic heterocycles. The third-order valence-corrected chi connectivity index (χ3v) is 4.74. The fourth-order valence-corrected chi connectivity index (χ4v) is 3.41. The number of hydrogen-bond donors (Lipinski definition) is 2. The van der Waals surface area contributed by atoms with Gasteiger partial charge in [-0.15, -0.1) is 11.3 Å². The molecule has 0 aliphatic carbocycles. The minimum Gasteiger partial charge on any atom is -0.351 e. The van der Waals surface area contributed by atoms with Gasteiger partial charge in [0.15, 0.2) is 5.16 Å². The molecule has 0 fully saturated rings. The molecule has 0 aliphatic rings. The smallest absolute Gasteiger partial charge is 0.260 e. The summed E-state index contributed by atoms with van der Waals surface area (Å²) in [6.07, 6.45) is 0. The van der Waals surface area contributed by atoms with E-state index >= 15 is 0 Å². The monoisotopic (exact) mass is 349 g/mol. The van der Waals surface area contributed by atoms with E-state index in [0.717, 1.165) is 5.56 Å². The molecule has 8 heteroatoms. The van der Waals surface area contributed by atoms with Crippen molar-refractivity contribution in [1.29, 1.82) is 0 Å². The summed E-state index contributed by atoms with van der Waals surface area (Å²) in [5.41, 5.74) is 0.613. The SMILES string of the molecule is O=C(CSc1nc2sccc2c(=O)[nH]1)NCc1ccc(F)cc1. The molecule has 0 radical (unpaired) electrons. The Morgan fingerprint density at radius 3 is 2.87 bits per heavy atom. The second-order valence-corrected chi connectivity index (χ2v) is 6.56. The second kappa shape index (κ2) is 6.93. The molecule has 2 N–H and O–H groups in total. The number of thiophene rings is 1. The maximum Gasteiger partial charge on any atom is 0.260 e. The topological polar surface area (TPSA) is 74.8 Å². The molecule has 0 spiro atoms. The number of thioether (sulfide) groups is 1. The van der Waals surface area contributed by atoms with Crippen LogP contribution in [0.1, 0.15) is 5.56 Å². The van der Waals surface area contributed by atoms with Crippen LogP contribution in [0, 0.1) is 5.82 Å². The highest BCUT2D eigenvalue weighted by Crippen LogP contribution is 2.18. The molecule has 3 rings (SSSR count). The van der Waals surface area contributed by atoms with Crippen LogP contribution in [0.5, 0.6) is 0 Å². The number of H-pyrrole nitrogens is 1. The van der Waals surface area contributed by atoms with Gasteiger partial charge < -0.3 is 10.3 Å². The van der Waals surface area contributed by atoms with Gasteiger partial charge in [-0.05, 0) is 29.1 Å². The molecule has 0 atom stereocenters. The van der Waals surface area contributed by atoms with E-state index in [2.05, 4.69) is 15.3 Å². The van der Waals surface area contributed by atoms with E-state index < -0.39 is 0 Å². The Bertz CT molecular complexity index is 890. The van der Waals surface area contributed by atoms with Crippen LogP contribution in [0.2, 0.25) is 0 Å². The summed E-state index contributed by atoms with van der Waals surface area (Å²) in [6, 6.07) is 7.65. The minimum atomic E-state index is -0.311. The Kier molecular flexibility index (Phi) is 4.73. The van der Waals surface area contributed by atoms with Crippen LogP contribution in [0.15, 0.2) is 45.7 Å². The fraction of sp³-hybridized carbons (Fsp3) is 0.133. The van der Waals surface area contributed by atoms with E-state index in [1.165, 1.54) is 35.2 Å². The quantitative estimate of drug-likeness (QED) is 0.548. The number of hydrogen-bond acceptors (Lipinski definition) is 5. The van der Waals surface area contributed by atoms with Gasteiger partial charge >= 0.3 is 0 Å². The number of amides is 1. The van der Waals surface area contributed by atoms with Crippen molar-refractivity contribution in [3.05, 3.63) is 57.4 Å². The largest absolute Gasteiger partial charge is 0.351 e. The van der Waals surface area contributed by atoms with Crippen LogP contribution < -0.4 is 10.9 Å². The summed E-state index contributed by atoms with van der Waals surface area (Å²) < 4.78 is 12.8. The van der Waals surface area contributed by atoms with Crippen LogP contribution in [-0.2, 0) is 11.3 Å². The maximum atomic E-state index is 12.8. The molecule has 2 aromatic heterocycles. The van der Waals surface area contributed by atoms with Crippen LogP contribution in [-0.4, -0.2) is 21.6 Å². The van der Waals surface area contributed by atoms with Gasteiger partial charge in [-0.1, -0.05) is 23.9 Å². The fourth-order valence-electron chi connectivity index (χ4n) is 1.90. The minimum absolute atomic E-state index is 0.140. The van der Waals surface area contributed by atoms with E-state index in [9.17, 15) is 14.0 Å². The number of nitrogens with one attached hydrogen (secondary N) is 2. The van der Waals surface area contributed by atoms with Gasteiger partial charge in [-0.25, -0.2) is 9.37 Å². The first-order chi connectivity index (χ1) is 11.1. The summed E-state index contributed by atoms with van der Waals surface area (Å²) in [7, 11) is 0. The van der Waals surface area contributed by atoms with Crippen LogP contribution in [0.3, 0.4) is 0 Å². The number of carbonyl (C=O) groups is 1. The molecule has 0 saturated carbocycles. The third-order valence-electron chi connectivity index (χ3n) is 3.06. The average Bonchev–Trinajstić information content (AvgIpc) is 3.01. The lowest BCUT2D eigenvalue weighted by molar-refractivity contribution is -0.118. The van der Waals surface area contributed by atoms with E-state index in [4.69, 9.17) is 0 Å². The lowest BCUT2D eigenvalue weighted by atomic mass is 10.2. The normalized spacial score (nSPS) is 10.8. The highest BCUT2D eigenvalue weighted by Gasteiger charge is 2.08. The molecular weight excluding hydrogens is 337 g/mol. The van der Waals surface area contributed by atoms with E-state index in [1.54, 1.807) is 23.6 Å². The van der Waals surface area contributed by atoms with Crippen molar-refractivity contribution < 1.29 is 9.18 Å². The summed E-state index contributed by atoms with van der Waals surface area (Å²) in [5, 5.41) is 5.51. The maximum absolute atomic E-state index is 12.8. The predicted molar refractivity (Wildman–Crippen MR) is 89.2 cm³/mol. The van der Waals surface area contributed by atoms with Gasteiger partial charge in [-0.2, -0.15) is 0 Å². The van der Waals surface area contributed by atoms with E-state index in [-0.39, 0.29) is 23.0 Å². The summed E-state index contributed by atoms with van der Waals surface area (Å²) in [4.78, 5) is 31.3. The Morgan fingerprint density at radius 1 is 1.30 bits per heavy atom. The van der Waals surface area contributed by atoms with Crippen molar-refractivity contribution in [3.63, 3.8) is 0 Å². The molecule has 23 heavy (non-hydrogen) atoms. The number of benzene rings is 1. The number of halogens is 1. The first-order valence-corrected chi connectivity index (χ1v) is 8.60. The molecule has 1 amide bonds. The van der Waals surface area contributed by atoms with Crippen LogP contribution >= 0.6 is 23.1 Å².